The Hall–Kier alpha value is -2.09. The number of carbonyl (C=O) groups excluding carboxylic acids is 1. The van der Waals surface area contributed by atoms with Crippen molar-refractivity contribution < 1.29 is 9.53 Å². The van der Waals surface area contributed by atoms with Crippen molar-refractivity contribution in [2.24, 2.45) is 0 Å². The molecule has 0 aliphatic carbocycles. The molecule has 0 aliphatic heterocycles. The zero-order valence-electron chi connectivity index (χ0n) is 17.3. The standard InChI is InChI=1S/C22H27N3O2S2/c1-16-6-11-19-20(14-16)29-22(23-19)25(13-5-12-24(2)3)21(26)15-28-18-9-7-17(27-4)8-10-18/h6-11,14H,5,12-13,15H2,1-4H3. The van der Waals surface area contributed by atoms with E-state index in [4.69, 9.17) is 9.72 Å². The van der Waals surface area contributed by atoms with Gasteiger partial charge in [-0.15, -0.1) is 11.8 Å². The van der Waals surface area contributed by atoms with E-state index in [9.17, 15) is 4.79 Å². The molecule has 3 rings (SSSR count). The van der Waals surface area contributed by atoms with Gasteiger partial charge in [0.2, 0.25) is 5.91 Å². The smallest absolute Gasteiger partial charge is 0.239 e. The van der Waals surface area contributed by atoms with Gasteiger partial charge in [-0.3, -0.25) is 9.69 Å². The molecule has 29 heavy (non-hydrogen) atoms. The molecule has 0 bridgehead atoms. The van der Waals surface area contributed by atoms with Crippen LogP contribution in [0.25, 0.3) is 10.2 Å². The third-order valence-corrected chi connectivity index (χ3v) is 6.51. The van der Waals surface area contributed by atoms with E-state index in [0.717, 1.165) is 39.0 Å². The molecule has 0 atom stereocenters. The van der Waals surface area contributed by atoms with Crippen LogP contribution in [-0.4, -0.2) is 55.8 Å². The number of carbonyl (C=O) groups is 1. The minimum atomic E-state index is 0.0837. The van der Waals surface area contributed by atoms with Gasteiger partial charge in [0.1, 0.15) is 5.75 Å². The summed E-state index contributed by atoms with van der Waals surface area (Å²) in [5, 5.41) is 0.782. The molecule has 0 fully saturated rings. The van der Waals surface area contributed by atoms with Crippen molar-refractivity contribution in [3.63, 3.8) is 0 Å². The number of nitrogens with zero attached hydrogens (tertiary/aromatic N) is 3. The van der Waals surface area contributed by atoms with Crippen molar-refractivity contribution in [2.45, 2.75) is 18.2 Å². The summed E-state index contributed by atoms with van der Waals surface area (Å²) in [6.45, 7) is 3.67. The number of benzene rings is 2. The molecule has 0 unspecified atom stereocenters. The van der Waals surface area contributed by atoms with Crippen molar-refractivity contribution in [1.29, 1.82) is 0 Å². The third-order valence-electron chi connectivity index (χ3n) is 4.47. The van der Waals surface area contributed by atoms with Crippen LogP contribution < -0.4 is 9.64 Å². The number of anilines is 1. The summed E-state index contributed by atoms with van der Waals surface area (Å²) in [5.74, 6) is 1.28. The van der Waals surface area contributed by atoms with E-state index in [1.54, 1.807) is 18.4 Å². The maximum Gasteiger partial charge on any atom is 0.239 e. The topological polar surface area (TPSA) is 45.7 Å². The molecule has 1 amide bonds. The highest BCUT2D eigenvalue weighted by molar-refractivity contribution is 8.00. The third kappa shape index (κ3) is 5.95. The van der Waals surface area contributed by atoms with E-state index >= 15 is 0 Å². The maximum atomic E-state index is 13.1. The molecule has 2 aromatic carbocycles. The quantitative estimate of drug-likeness (QED) is 0.462. The predicted octanol–water partition coefficient (Wildman–Crippen LogP) is 4.69. The Morgan fingerprint density at radius 1 is 1.14 bits per heavy atom. The average molecular weight is 430 g/mol. The molecule has 0 saturated heterocycles. The molecule has 0 N–H and O–H groups in total. The first kappa shape index (κ1) is 21.6. The fourth-order valence-corrected chi connectivity index (χ4v) is 4.78. The molecule has 154 valence electrons. The molecule has 1 aromatic heterocycles. The Balaban J connectivity index is 1.74. The van der Waals surface area contributed by atoms with Gasteiger partial charge in [0.15, 0.2) is 5.13 Å². The number of thiazole rings is 1. The molecule has 5 nitrogen and oxygen atoms in total. The summed E-state index contributed by atoms with van der Waals surface area (Å²) in [6.07, 6.45) is 0.904. The number of fused-ring (bicyclic) bond motifs is 1. The van der Waals surface area contributed by atoms with E-state index < -0.39 is 0 Å². The van der Waals surface area contributed by atoms with Crippen molar-refractivity contribution in [2.75, 3.05) is 44.9 Å². The first-order chi connectivity index (χ1) is 14.0. The molecule has 0 radical (unpaired) electrons. The van der Waals surface area contributed by atoms with Crippen LogP contribution in [0.4, 0.5) is 5.13 Å². The highest BCUT2D eigenvalue weighted by Gasteiger charge is 2.20. The average Bonchev–Trinajstić information content (AvgIpc) is 3.12. The number of aromatic nitrogens is 1. The Bertz CT molecular complexity index is 954. The zero-order chi connectivity index (χ0) is 20.8. The lowest BCUT2D eigenvalue weighted by Crippen LogP contribution is -2.34. The number of aryl methyl sites for hydroxylation is 1. The maximum absolute atomic E-state index is 13.1. The number of thioether (sulfide) groups is 1. The lowest BCUT2D eigenvalue weighted by Gasteiger charge is -2.21. The van der Waals surface area contributed by atoms with Crippen LogP contribution in [0.3, 0.4) is 0 Å². The first-order valence-corrected chi connectivity index (χ1v) is 11.4. The molecule has 0 saturated carbocycles. The van der Waals surface area contributed by atoms with Crippen molar-refractivity contribution in [3.8, 4) is 5.75 Å². The Labute approximate surface area is 180 Å². The fourth-order valence-electron chi connectivity index (χ4n) is 2.90. The normalized spacial score (nSPS) is 11.2. The molecular weight excluding hydrogens is 402 g/mol. The second-order valence-corrected chi connectivity index (χ2v) is 9.19. The van der Waals surface area contributed by atoms with Gasteiger partial charge in [0.05, 0.1) is 23.1 Å². The van der Waals surface area contributed by atoms with E-state index in [-0.39, 0.29) is 5.91 Å². The summed E-state index contributed by atoms with van der Waals surface area (Å²) in [5.41, 5.74) is 2.15. The number of amides is 1. The SMILES string of the molecule is COc1ccc(SCC(=O)N(CCCN(C)C)c2nc3ccc(C)cc3s2)cc1. The number of methoxy groups -OCH3 is 1. The Morgan fingerprint density at radius 2 is 1.90 bits per heavy atom. The van der Waals surface area contributed by atoms with Gasteiger partial charge in [-0.25, -0.2) is 4.98 Å². The number of rotatable bonds is 9. The second-order valence-electron chi connectivity index (χ2n) is 7.13. The summed E-state index contributed by atoms with van der Waals surface area (Å²) >= 11 is 3.13. The van der Waals surface area contributed by atoms with Gasteiger partial charge < -0.3 is 9.64 Å². The number of hydrogen-bond donors (Lipinski definition) is 0. The van der Waals surface area contributed by atoms with E-state index in [1.807, 2.05) is 49.3 Å². The van der Waals surface area contributed by atoms with Gasteiger partial charge in [-0.1, -0.05) is 17.4 Å². The summed E-state index contributed by atoms with van der Waals surface area (Å²) < 4.78 is 6.32. The van der Waals surface area contributed by atoms with Gasteiger partial charge >= 0.3 is 0 Å². The molecule has 1 heterocycles. The monoisotopic (exact) mass is 429 g/mol. The molecule has 0 aliphatic rings. The first-order valence-electron chi connectivity index (χ1n) is 9.55. The van der Waals surface area contributed by atoms with Gasteiger partial charge in [-0.2, -0.15) is 0 Å². The van der Waals surface area contributed by atoms with Crippen LogP contribution in [0.5, 0.6) is 5.75 Å². The van der Waals surface area contributed by atoms with E-state index in [0.29, 0.717) is 12.3 Å². The van der Waals surface area contributed by atoms with Crippen LogP contribution in [0.15, 0.2) is 47.4 Å². The van der Waals surface area contributed by atoms with Crippen LogP contribution in [-0.2, 0) is 4.79 Å². The second kappa shape index (κ2) is 10.1. The minimum Gasteiger partial charge on any atom is -0.497 e. The van der Waals surface area contributed by atoms with Crippen molar-refractivity contribution in [3.05, 3.63) is 48.0 Å². The number of hydrogen-bond acceptors (Lipinski definition) is 6. The molecular formula is C22H27N3O2S2. The fraction of sp³-hybridized carbons (Fsp3) is 0.364. The van der Waals surface area contributed by atoms with Gasteiger partial charge in [0, 0.05) is 11.4 Å². The molecule has 0 spiro atoms. The molecule has 3 aromatic rings. The largest absolute Gasteiger partial charge is 0.497 e. The Kier molecular flexibility index (Phi) is 7.52. The van der Waals surface area contributed by atoms with Crippen molar-refractivity contribution in [1.82, 2.24) is 9.88 Å². The lowest BCUT2D eigenvalue weighted by atomic mass is 10.2. The van der Waals surface area contributed by atoms with Crippen molar-refractivity contribution >= 4 is 44.4 Å². The lowest BCUT2D eigenvalue weighted by molar-refractivity contribution is -0.116. The summed E-state index contributed by atoms with van der Waals surface area (Å²) in [6, 6.07) is 14.0. The molecule has 7 heteroatoms. The van der Waals surface area contributed by atoms with Crippen LogP contribution >= 0.6 is 23.1 Å². The highest BCUT2D eigenvalue weighted by atomic mass is 32.2. The van der Waals surface area contributed by atoms with E-state index in [1.165, 1.54) is 17.3 Å². The van der Waals surface area contributed by atoms with Gasteiger partial charge in [0.25, 0.3) is 0 Å². The van der Waals surface area contributed by atoms with Gasteiger partial charge in [-0.05, 0) is 75.9 Å². The van der Waals surface area contributed by atoms with Crippen LogP contribution in [0, 0.1) is 6.92 Å². The number of ether oxygens (including phenoxy) is 1. The Morgan fingerprint density at radius 3 is 2.59 bits per heavy atom. The predicted molar refractivity (Wildman–Crippen MR) is 124 cm³/mol. The highest BCUT2D eigenvalue weighted by Crippen LogP contribution is 2.31. The van der Waals surface area contributed by atoms with E-state index in [2.05, 4.69) is 24.0 Å². The van der Waals surface area contributed by atoms with Crippen LogP contribution in [0.1, 0.15) is 12.0 Å². The summed E-state index contributed by atoms with van der Waals surface area (Å²) in [4.78, 5) is 22.9. The van der Waals surface area contributed by atoms with Crippen LogP contribution in [0.2, 0.25) is 0 Å². The minimum absolute atomic E-state index is 0.0837. The zero-order valence-corrected chi connectivity index (χ0v) is 19.0. The summed E-state index contributed by atoms with van der Waals surface area (Å²) in [7, 11) is 5.75.